The molecule has 1 saturated carbocycles. The van der Waals surface area contributed by atoms with Crippen LogP contribution in [0.4, 0.5) is 0 Å². The van der Waals surface area contributed by atoms with Gasteiger partial charge in [0.25, 0.3) is 0 Å². The van der Waals surface area contributed by atoms with Gasteiger partial charge in [-0.25, -0.2) is 0 Å². The van der Waals surface area contributed by atoms with Crippen LogP contribution in [0.2, 0.25) is 0 Å². The van der Waals surface area contributed by atoms with Crippen molar-refractivity contribution in [2.75, 3.05) is 0 Å². The van der Waals surface area contributed by atoms with Gasteiger partial charge in [-0.1, -0.05) is 18.2 Å². The average molecular weight is 200 g/mol. The summed E-state index contributed by atoms with van der Waals surface area (Å²) in [5, 5.41) is 0. The molecule has 2 unspecified atom stereocenters. The molecule has 0 saturated heterocycles. The molecule has 0 aromatic rings. The molecule has 0 spiro atoms. The highest BCUT2D eigenvalue weighted by atomic mass is 35.5. The van der Waals surface area contributed by atoms with Gasteiger partial charge in [0.15, 0.2) is 5.78 Å². The van der Waals surface area contributed by atoms with E-state index >= 15 is 0 Å². The van der Waals surface area contributed by atoms with Gasteiger partial charge >= 0.3 is 0 Å². The Hall–Kier alpha value is -0.600. The summed E-state index contributed by atoms with van der Waals surface area (Å²) in [4.78, 5) is 11.5. The van der Waals surface area contributed by atoms with Crippen LogP contribution in [0.1, 0.15) is 19.3 Å². The van der Waals surface area contributed by atoms with Gasteiger partial charge in [0.1, 0.15) is 0 Å². The highest BCUT2D eigenvalue weighted by Gasteiger charge is 2.30. The Kier molecular flexibility index (Phi) is 3.28. The summed E-state index contributed by atoms with van der Waals surface area (Å²) in [6, 6.07) is -0.237. The maximum atomic E-state index is 11.5. The topological polar surface area (TPSA) is 43.1 Å². The highest BCUT2D eigenvalue weighted by Crippen LogP contribution is 2.31. The molecule has 0 aliphatic heterocycles. The highest BCUT2D eigenvalue weighted by molar-refractivity contribution is 6.01. The molecule has 2 N–H and O–H groups in total. The van der Waals surface area contributed by atoms with E-state index in [0.717, 1.165) is 24.8 Å². The second kappa shape index (κ2) is 4.07. The molecule has 0 radical (unpaired) electrons. The molecule has 0 aromatic carbocycles. The lowest BCUT2D eigenvalue weighted by Crippen LogP contribution is -2.38. The van der Waals surface area contributed by atoms with Crippen molar-refractivity contribution in [2.24, 2.45) is 11.7 Å². The van der Waals surface area contributed by atoms with Gasteiger partial charge in [-0.15, -0.1) is 12.4 Å². The van der Waals surface area contributed by atoms with E-state index in [1.54, 1.807) is 0 Å². The normalized spacial score (nSPS) is 31.8. The minimum absolute atomic E-state index is 0. The van der Waals surface area contributed by atoms with Crippen LogP contribution in [0.25, 0.3) is 0 Å². The number of rotatable bonds is 0. The van der Waals surface area contributed by atoms with Crippen LogP contribution in [0.5, 0.6) is 0 Å². The minimum atomic E-state index is -0.237. The smallest absolute Gasteiger partial charge is 0.175 e. The SMILES string of the molecule is Cl.NC1CCC2CC=CC=C2C1=O. The minimum Gasteiger partial charge on any atom is -0.321 e. The van der Waals surface area contributed by atoms with Crippen molar-refractivity contribution in [1.82, 2.24) is 0 Å². The number of carbonyl (C=O) groups is 1. The summed E-state index contributed by atoms with van der Waals surface area (Å²) in [6.45, 7) is 0. The Bertz CT molecular complexity index is 270. The van der Waals surface area contributed by atoms with Gasteiger partial charge in [-0.3, -0.25) is 4.79 Å². The second-order valence-electron chi connectivity index (χ2n) is 3.53. The predicted molar refractivity (Wildman–Crippen MR) is 54.8 cm³/mol. The quantitative estimate of drug-likeness (QED) is 0.644. The van der Waals surface area contributed by atoms with Crippen LogP contribution in [-0.2, 0) is 4.79 Å². The van der Waals surface area contributed by atoms with Crippen LogP contribution >= 0.6 is 12.4 Å². The fourth-order valence-electron chi connectivity index (χ4n) is 1.96. The van der Waals surface area contributed by atoms with E-state index < -0.39 is 0 Å². The molecule has 72 valence electrons. The Morgan fingerprint density at radius 2 is 2.15 bits per heavy atom. The molecule has 2 nitrogen and oxygen atoms in total. The van der Waals surface area contributed by atoms with Gasteiger partial charge in [-0.2, -0.15) is 0 Å². The van der Waals surface area contributed by atoms with Crippen molar-refractivity contribution in [2.45, 2.75) is 25.3 Å². The zero-order valence-corrected chi connectivity index (χ0v) is 8.22. The van der Waals surface area contributed by atoms with Gasteiger partial charge in [0, 0.05) is 5.57 Å². The first-order chi connectivity index (χ1) is 5.79. The Balaban J connectivity index is 0.000000845. The lowest BCUT2D eigenvalue weighted by Gasteiger charge is -2.28. The molecule has 2 rings (SSSR count). The largest absolute Gasteiger partial charge is 0.321 e. The molecular formula is C10H14ClNO. The molecule has 2 aliphatic carbocycles. The maximum Gasteiger partial charge on any atom is 0.175 e. The van der Waals surface area contributed by atoms with E-state index in [4.69, 9.17) is 5.73 Å². The lowest BCUT2D eigenvalue weighted by atomic mass is 9.77. The molecule has 3 heteroatoms. The van der Waals surface area contributed by atoms with E-state index in [0.29, 0.717) is 5.92 Å². The number of hydrogen-bond donors (Lipinski definition) is 1. The van der Waals surface area contributed by atoms with Gasteiger partial charge < -0.3 is 5.73 Å². The monoisotopic (exact) mass is 199 g/mol. The summed E-state index contributed by atoms with van der Waals surface area (Å²) < 4.78 is 0. The summed E-state index contributed by atoms with van der Waals surface area (Å²) in [5.41, 5.74) is 6.63. The maximum absolute atomic E-state index is 11.5. The van der Waals surface area contributed by atoms with Gasteiger partial charge in [-0.05, 0) is 25.2 Å². The van der Waals surface area contributed by atoms with Crippen LogP contribution < -0.4 is 5.73 Å². The summed E-state index contributed by atoms with van der Waals surface area (Å²) in [6.07, 6.45) is 8.96. The Labute approximate surface area is 84.3 Å². The summed E-state index contributed by atoms with van der Waals surface area (Å²) >= 11 is 0. The van der Waals surface area contributed by atoms with Crippen molar-refractivity contribution in [3.05, 3.63) is 23.8 Å². The van der Waals surface area contributed by atoms with E-state index in [-0.39, 0.29) is 24.2 Å². The van der Waals surface area contributed by atoms with Crippen LogP contribution in [-0.4, -0.2) is 11.8 Å². The molecule has 0 bridgehead atoms. The number of hydrogen-bond acceptors (Lipinski definition) is 2. The third-order valence-corrected chi connectivity index (χ3v) is 2.72. The predicted octanol–water partition coefficient (Wildman–Crippen LogP) is 1.60. The van der Waals surface area contributed by atoms with E-state index in [2.05, 4.69) is 6.08 Å². The molecule has 2 aliphatic rings. The zero-order chi connectivity index (χ0) is 8.55. The number of nitrogens with two attached hydrogens (primary N) is 1. The lowest BCUT2D eigenvalue weighted by molar-refractivity contribution is -0.118. The number of allylic oxidation sites excluding steroid dienone is 3. The fraction of sp³-hybridized carbons (Fsp3) is 0.500. The van der Waals surface area contributed by atoms with Gasteiger partial charge in [0.2, 0.25) is 0 Å². The Morgan fingerprint density at radius 1 is 1.38 bits per heavy atom. The number of Topliss-reactive ketones (excluding diaryl/α,β-unsaturated/α-hetero) is 1. The standard InChI is InChI=1S/C10H13NO.ClH/c11-9-6-5-7-3-1-2-4-8(7)10(9)12;/h1-2,4,7,9H,3,5-6,11H2;1H. The van der Waals surface area contributed by atoms with E-state index in [9.17, 15) is 4.79 Å². The van der Waals surface area contributed by atoms with Crippen molar-refractivity contribution >= 4 is 18.2 Å². The first-order valence-electron chi connectivity index (χ1n) is 4.45. The summed E-state index contributed by atoms with van der Waals surface area (Å²) in [5.74, 6) is 0.623. The third-order valence-electron chi connectivity index (χ3n) is 2.72. The first kappa shape index (κ1) is 10.5. The number of fused-ring (bicyclic) bond motifs is 1. The van der Waals surface area contributed by atoms with Crippen molar-refractivity contribution < 1.29 is 4.79 Å². The van der Waals surface area contributed by atoms with E-state index in [1.165, 1.54) is 0 Å². The van der Waals surface area contributed by atoms with Crippen LogP contribution in [0.15, 0.2) is 23.8 Å². The molecule has 1 fully saturated rings. The fourth-order valence-corrected chi connectivity index (χ4v) is 1.96. The van der Waals surface area contributed by atoms with Crippen molar-refractivity contribution in [1.29, 1.82) is 0 Å². The van der Waals surface area contributed by atoms with Crippen LogP contribution in [0, 0.1) is 5.92 Å². The van der Waals surface area contributed by atoms with Gasteiger partial charge in [0.05, 0.1) is 6.04 Å². The van der Waals surface area contributed by atoms with Crippen LogP contribution in [0.3, 0.4) is 0 Å². The Morgan fingerprint density at radius 3 is 2.92 bits per heavy atom. The molecule has 0 heterocycles. The van der Waals surface area contributed by atoms with Crippen molar-refractivity contribution in [3.8, 4) is 0 Å². The van der Waals surface area contributed by atoms with Crippen molar-refractivity contribution in [3.63, 3.8) is 0 Å². The molecule has 2 atom stereocenters. The molecule has 0 amide bonds. The molecule has 0 aromatic heterocycles. The van der Waals surface area contributed by atoms with E-state index in [1.807, 2.05) is 12.2 Å². The molecular weight excluding hydrogens is 186 g/mol. The average Bonchev–Trinajstić information content (AvgIpc) is 2.12. The number of halogens is 1. The second-order valence-corrected chi connectivity index (χ2v) is 3.53. The number of ketones is 1. The molecule has 13 heavy (non-hydrogen) atoms. The number of carbonyl (C=O) groups excluding carboxylic acids is 1. The third kappa shape index (κ3) is 1.84. The summed E-state index contributed by atoms with van der Waals surface area (Å²) in [7, 11) is 0. The zero-order valence-electron chi connectivity index (χ0n) is 7.40. The first-order valence-corrected chi connectivity index (χ1v) is 4.45.